The number of pyridine rings is 1. The zero-order valence-corrected chi connectivity index (χ0v) is 16.7. The number of ether oxygens (including phenoxy) is 2. The first-order chi connectivity index (χ1) is 14.1. The number of benzene rings is 2. The number of amides is 1. The lowest BCUT2D eigenvalue weighted by Crippen LogP contribution is -2.32. The van der Waals surface area contributed by atoms with E-state index in [0.717, 1.165) is 18.2 Å². The molecule has 1 heterocycles. The Morgan fingerprint density at radius 3 is 2.69 bits per heavy atom. The molecule has 0 unspecified atom stereocenters. The molecule has 2 aromatic carbocycles. The number of anilines is 1. The van der Waals surface area contributed by atoms with Crippen molar-refractivity contribution in [2.45, 2.75) is 39.2 Å². The molecule has 0 bridgehead atoms. The van der Waals surface area contributed by atoms with E-state index in [2.05, 4.69) is 17.2 Å². The van der Waals surface area contributed by atoms with Gasteiger partial charge in [0.1, 0.15) is 11.3 Å². The van der Waals surface area contributed by atoms with Crippen LogP contribution in [0.2, 0.25) is 0 Å². The first-order valence-electron chi connectivity index (χ1n) is 9.86. The van der Waals surface area contributed by atoms with Gasteiger partial charge < -0.3 is 14.8 Å². The molecule has 0 spiro atoms. The number of para-hydroxylation sites is 1. The first kappa shape index (κ1) is 20.6. The molecule has 5 nitrogen and oxygen atoms in total. The summed E-state index contributed by atoms with van der Waals surface area (Å²) >= 11 is 0. The Morgan fingerprint density at radius 2 is 1.93 bits per heavy atom. The average molecular weight is 396 g/mol. The van der Waals surface area contributed by atoms with Gasteiger partial charge in [-0.15, -0.1) is 0 Å². The van der Waals surface area contributed by atoms with Crippen LogP contribution in [0.15, 0.2) is 54.7 Å². The molecular weight excluding hydrogens is 371 g/mol. The summed E-state index contributed by atoms with van der Waals surface area (Å²) in [5.74, 6) is -0.107. The van der Waals surface area contributed by atoms with Gasteiger partial charge in [0, 0.05) is 11.6 Å². The number of nitrogens with zero attached hydrogens (tertiary/aromatic N) is 1. The number of carbonyl (C=O) groups is 1. The third-order valence-electron chi connectivity index (χ3n) is 4.52. The van der Waals surface area contributed by atoms with E-state index in [0.29, 0.717) is 30.0 Å². The predicted molar refractivity (Wildman–Crippen MR) is 112 cm³/mol. The second-order valence-electron chi connectivity index (χ2n) is 6.65. The maximum atomic E-state index is 13.9. The van der Waals surface area contributed by atoms with Crippen LogP contribution in [0.1, 0.15) is 33.1 Å². The van der Waals surface area contributed by atoms with Gasteiger partial charge in [-0.05, 0) is 49.2 Å². The summed E-state index contributed by atoms with van der Waals surface area (Å²) in [6.45, 7) is 4.53. The van der Waals surface area contributed by atoms with Crippen molar-refractivity contribution in [1.29, 1.82) is 0 Å². The zero-order valence-electron chi connectivity index (χ0n) is 16.7. The van der Waals surface area contributed by atoms with Crippen LogP contribution in [0, 0.1) is 5.82 Å². The van der Waals surface area contributed by atoms with E-state index in [4.69, 9.17) is 9.47 Å². The lowest BCUT2D eigenvalue weighted by atomic mass is 10.1. The van der Waals surface area contributed by atoms with E-state index < -0.39 is 11.9 Å². The largest absolute Gasteiger partial charge is 0.491 e. The molecule has 29 heavy (non-hydrogen) atoms. The van der Waals surface area contributed by atoms with E-state index in [1.165, 1.54) is 12.1 Å². The summed E-state index contributed by atoms with van der Waals surface area (Å²) in [5.41, 5.74) is 1.29. The fraction of sp³-hybridized carbons (Fsp3) is 0.304. The Hall–Kier alpha value is -3.15. The van der Waals surface area contributed by atoms with Crippen LogP contribution >= 0.6 is 0 Å². The van der Waals surface area contributed by atoms with Gasteiger partial charge in [0.25, 0.3) is 5.91 Å². The summed E-state index contributed by atoms with van der Waals surface area (Å²) < 4.78 is 25.3. The van der Waals surface area contributed by atoms with Gasteiger partial charge in [-0.25, -0.2) is 4.39 Å². The van der Waals surface area contributed by atoms with Gasteiger partial charge in [-0.3, -0.25) is 9.78 Å². The summed E-state index contributed by atoms with van der Waals surface area (Å²) in [4.78, 5) is 17.2. The van der Waals surface area contributed by atoms with E-state index in [1.807, 2.05) is 13.0 Å². The van der Waals surface area contributed by atoms with Crippen LogP contribution in [0.25, 0.3) is 10.9 Å². The number of halogens is 1. The number of rotatable bonds is 9. The monoisotopic (exact) mass is 396 g/mol. The summed E-state index contributed by atoms with van der Waals surface area (Å²) in [5, 5.41) is 3.66. The molecule has 0 aliphatic rings. The molecule has 1 N–H and O–H groups in total. The molecule has 0 saturated heterocycles. The minimum atomic E-state index is -0.820. The van der Waals surface area contributed by atoms with Crippen molar-refractivity contribution < 1.29 is 18.7 Å². The zero-order chi connectivity index (χ0) is 20.6. The van der Waals surface area contributed by atoms with E-state index >= 15 is 0 Å². The summed E-state index contributed by atoms with van der Waals surface area (Å²) in [6, 6.07) is 13.3. The first-order valence-corrected chi connectivity index (χ1v) is 9.86. The molecule has 3 aromatic rings. The molecule has 0 aliphatic heterocycles. The molecule has 1 amide bonds. The fourth-order valence-corrected chi connectivity index (χ4v) is 2.93. The molecule has 6 heteroatoms. The van der Waals surface area contributed by atoms with Crippen LogP contribution in [-0.2, 0) is 4.79 Å². The maximum absolute atomic E-state index is 13.9. The number of unbranched alkanes of at least 4 members (excludes halogenated alkanes) is 1. The van der Waals surface area contributed by atoms with Crippen molar-refractivity contribution in [1.82, 2.24) is 4.98 Å². The Bertz CT molecular complexity index is 977. The van der Waals surface area contributed by atoms with Crippen LogP contribution in [0.4, 0.5) is 10.1 Å². The van der Waals surface area contributed by atoms with Gasteiger partial charge in [-0.1, -0.05) is 32.4 Å². The standard InChI is InChI=1S/C23H25FN2O3/c1-3-5-15-28-21-13-12-18(16-9-8-14-25-22(16)21)26-23(27)19(4-2)29-20-11-7-6-10-17(20)24/h6-14,19H,3-5,15H2,1-2H3,(H,26,27)/t19-/m0/s1. The lowest BCUT2D eigenvalue weighted by Gasteiger charge is -2.19. The second-order valence-corrected chi connectivity index (χ2v) is 6.65. The van der Waals surface area contributed by atoms with Crippen LogP contribution in [-0.4, -0.2) is 23.6 Å². The molecule has 3 rings (SSSR count). The van der Waals surface area contributed by atoms with Crippen molar-refractivity contribution in [3.8, 4) is 11.5 Å². The summed E-state index contributed by atoms with van der Waals surface area (Å²) in [6.07, 6.45) is 3.27. The smallest absolute Gasteiger partial charge is 0.265 e. The number of hydrogen-bond acceptors (Lipinski definition) is 4. The van der Waals surface area contributed by atoms with Gasteiger partial charge in [0.05, 0.1) is 12.3 Å². The van der Waals surface area contributed by atoms with Crippen LogP contribution in [0.3, 0.4) is 0 Å². The highest BCUT2D eigenvalue weighted by Gasteiger charge is 2.21. The highest BCUT2D eigenvalue weighted by Crippen LogP contribution is 2.30. The van der Waals surface area contributed by atoms with Crippen LogP contribution in [0.5, 0.6) is 11.5 Å². The highest BCUT2D eigenvalue weighted by atomic mass is 19.1. The molecule has 0 aliphatic carbocycles. The van der Waals surface area contributed by atoms with E-state index in [-0.39, 0.29) is 11.7 Å². The maximum Gasteiger partial charge on any atom is 0.265 e. The van der Waals surface area contributed by atoms with Crippen LogP contribution < -0.4 is 14.8 Å². The number of aromatic nitrogens is 1. The van der Waals surface area contributed by atoms with E-state index in [1.54, 1.807) is 36.5 Å². The summed E-state index contributed by atoms with van der Waals surface area (Å²) in [7, 11) is 0. The minimum Gasteiger partial charge on any atom is -0.491 e. The number of hydrogen-bond donors (Lipinski definition) is 1. The Labute approximate surface area is 169 Å². The number of fused-ring (bicyclic) bond motifs is 1. The highest BCUT2D eigenvalue weighted by molar-refractivity contribution is 6.04. The third kappa shape index (κ3) is 5.02. The predicted octanol–water partition coefficient (Wildman–Crippen LogP) is 5.35. The Morgan fingerprint density at radius 1 is 1.10 bits per heavy atom. The number of nitrogens with one attached hydrogen (secondary N) is 1. The van der Waals surface area contributed by atoms with Gasteiger partial charge in [0.2, 0.25) is 0 Å². The molecule has 0 fully saturated rings. The third-order valence-corrected chi connectivity index (χ3v) is 4.52. The van der Waals surface area contributed by atoms with Crippen molar-refractivity contribution in [3.63, 3.8) is 0 Å². The molecule has 0 saturated carbocycles. The van der Waals surface area contributed by atoms with Crippen molar-refractivity contribution in [3.05, 3.63) is 60.5 Å². The normalized spacial score (nSPS) is 11.8. The fourth-order valence-electron chi connectivity index (χ4n) is 2.93. The van der Waals surface area contributed by atoms with Crippen molar-refractivity contribution in [2.75, 3.05) is 11.9 Å². The molecular formula is C23H25FN2O3. The molecule has 1 aromatic heterocycles. The van der Waals surface area contributed by atoms with Crippen molar-refractivity contribution in [2.24, 2.45) is 0 Å². The minimum absolute atomic E-state index is 0.0562. The Balaban J connectivity index is 1.80. The van der Waals surface area contributed by atoms with Crippen molar-refractivity contribution >= 4 is 22.5 Å². The molecule has 152 valence electrons. The molecule has 1 atom stereocenters. The SMILES string of the molecule is CCCCOc1ccc(NC(=O)[C@H](CC)Oc2ccccc2F)c2cccnc12. The van der Waals surface area contributed by atoms with Gasteiger partial charge >= 0.3 is 0 Å². The second kappa shape index (κ2) is 9.87. The topological polar surface area (TPSA) is 60.5 Å². The van der Waals surface area contributed by atoms with Gasteiger partial charge in [0.15, 0.2) is 17.7 Å². The Kier molecular flexibility index (Phi) is 7.00. The average Bonchev–Trinajstić information content (AvgIpc) is 2.74. The lowest BCUT2D eigenvalue weighted by molar-refractivity contribution is -0.122. The number of carbonyl (C=O) groups excluding carboxylic acids is 1. The molecule has 0 radical (unpaired) electrons. The quantitative estimate of drug-likeness (QED) is 0.496. The van der Waals surface area contributed by atoms with Gasteiger partial charge in [-0.2, -0.15) is 0 Å². The van der Waals surface area contributed by atoms with E-state index in [9.17, 15) is 9.18 Å².